The molecule has 0 radical (unpaired) electrons. The third-order valence-corrected chi connectivity index (χ3v) is 3.65. The lowest BCUT2D eigenvalue weighted by Crippen LogP contribution is -1.77. The van der Waals surface area contributed by atoms with Gasteiger partial charge < -0.3 is 4.42 Å². The van der Waals surface area contributed by atoms with E-state index in [-0.39, 0.29) is 0 Å². The first-order valence-corrected chi connectivity index (χ1v) is 6.70. The van der Waals surface area contributed by atoms with Crippen molar-refractivity contribution in [2.45, 2.75) is 0 Å². The number of hydrogen-bond donors (Lipinski definition) is 0. The second kappa shape index (κ2) is 4.57. The quantitative estimate of drug-likeness (QED) is 0.578. The maximum absolute atomic E-state index is 6.12. The number of oxazole rings is 1. The standard InChI is InChI=1S/C13H6BrCl2NO/c14-9-5-7(15)6-11-12(9)18-13(17-11)8-3-1-2-4-10(8)16/h1-6H. The Kier molecular flexibility index (Phi) is 3.06. The van der Waals surface area contributed by atoms with E-state index in [9.17, 15) is 0 Å². The molecule has 18 heavy (non-hydrogen) atoms. The zero-order valence-electron chi connectivity index (χ0n) is 8.95. The van der Waals surface area contributed by atoms with Gasteiger partial charge in [0.15, 0.2) is 5.58 Å². The SMILES string of the molecule is Clc1cc(Br)c2oc(-c3ccccc3Cl)nc2c1. The van der Waals surface area contributed by atoms with Gasteiger partial charge in [0, 0.05) is 5.02 Å². The predicted octanol–water partition coefficient (Wildman–Crippen LogP) is 5.56. The molecule has 0 N–H and O–H groups in total. The van der Waals surface area contributed by atoms with Crippen LogP contribution < -0.4 is 0 Å². The highest BCUT2D eigenvalue weighted by molar-refractivity contribution is 9.10. The van der Waals surface area contributed by atoms with Gasteiger partial charge in [0.2, 0.25) is 5.89 Å². The lowest BCUT2D eigenvalue weighted by molar-refractivity contribution is 0.618. The predicted molar refractivity (Wildman–Crippen MR) is 77.2 cm³/mol. The minimum absolute atomic E-state index is 0.485. The van der Waals surface area contributed by atoms with E-state index < -0.39 is 0 Å². The van der Waals surface area contributed by atoms with E-state index in [4.69, 9.17) is 27.6 Å². The molecule has 5 heteroatoms. The van der Waals surface area contributed by atoms with Gasteiger partial charge in [0.05, 0.1) is 15.1 Å². The Labute approximate surface area is 122 Å². The number of fused-ring (bicyclic) bond motifs is 1. The molecule has 0 spiro atoms. The van der Waals surface area contributed by atoms with Gasteiger partial charge in [0.25, 0.3) is 0 Å². The molecule has 0 aliphatic carbocycles. The Morgan fingerprint density at radius 2 is 1.89 bits per heavy atom. The van der Waals surface area contributed by atoms with Gasteiger partial charge in [-0.3, -0.25) is 0 Å². The maximum atomic E-state index is 6.12. The van der Waals surface area contributed by atoms with Crippen molar-refractivity contribution in [1.29, 1.82) is 0 Å². The van der Waals surface area contributed by atoms with Crippen LogP contribution in [0.3, 0.4) is 0 Å². The molecule has 2 nitrogen and oxygen atoms in total. The zero-order valence-corrected chi connectivity index (χ0v) is 12.1. The summed E-state index contributed by atoms with van der Waals surface area (Å²) in [6, 6.07) is 10.9. The van der Waals surface area contributed by atoms with Crippen LogP contribution in [0.1, 0.15) is 0 Å². The van der Waals surface area contributed by atoms with Crippen LogP contribution in [0.5, 0.6) is 0 Å². The van der Waals surface area contributed by atoms with Crippen molar-refractivity contribution < 1.29 is 4.42 Å². The molecular weight excluding hydrogens is 337 g/mol. The van der Waals surface area contributed by atoms with Crippen molar-refractivity contribution >= 4 is 50.2 Å². The number of halogens is 3. The normalized spacial score (nSPS) is 11.1. The highest BCUT2D eigenvalue weighted by atomic mass is 79.9. The molecule has 0 bridgehead atoms. The molecule has 3 aromatic rings. The Balaban J connectivity index is 2.26. The number of rotatable bonds is 1. The van der Waals surface area contributed by atoms with E-state index in [1.807, 2.05) is 18.2 Å². The topological polar surface area (TPSA) is 26.0 Å². The van der Waals surface area contributed by atoms with Crippen LogP contribution in [0.15, 0.2) is 45.3 Å². The molecule has 0 unspecified atom stereocenters. The lowest BCUT2D eigenvalue weighted by Gasteiger charge is -1.97. The smallest absolute Gasteiger partial charge is 0.228 e. The first kappa shape index (κ1) is 12.0. The van der Waals surface area contributed by atoms with E-state index >= 15 is 0 Å². The molecule has 3 rings (SSSR count). The van der Waals surface area contributed by atoms with Crippen LogP contribution in [-0.2, 0) is 0 Å². The molecular formula is C13H6BrCl2NO. The Hall–Kier alpha value is -1.03. The minimum Gasteiger partial charge on any atom is -0.435 e. The van der Waals surface area contributed by atoms with Gasteiger partial charge in [-0.25, -0.2) is 4.98 Å². The fourth-order valence-corrected chi connectivity index (χ4v) is 2.80. The third kappa shape index (κ3) is 2.03. The van der Waals surface area contributed by atoms with E-state index in [0.717, 1.165) is 10.0 Å². The fraction of sp³-hybridized carbons (Fsp3) is 0. The minimum atomic E-state index is 0.485. The monoisotopic (exact) mass is 341 g/mol. The summed E-state index contributed by atoms with van der Waals surface area (Å²) in [6.07, 6.45) is 0. The summed E-state index contributed by atoms with van der Waals surface area (Å²) in [5, 5.41) is 1.21. The highest BCUT2D eigenvalue weighted by Gasteiger charge is 2.13. The summed E-state index contributed by atoms with van der Waals surface area (Å²) < 4.78 is 6.49. The van der Waals surface area contributed by atoms with Gasteiger partial charge in [-0.05, 0) is 40.2 Å². The molecule has 1 heterocycles. The molecule has 0 atom stereocenters. The molecule has 0 saturated carbocycles. The van der Waals surface area contributed by atoms with E-state index in [1.54, 1.807) is 18.2 Å². The molecule has 0 aliphatic heterocycles. The van der Waals surface area contributed by atoms with Gasteiger partial charge in [-0.15, -0.1) is 0 Å². The van der Waals surface area contributed by atoms with Crippen LogP contribution in [0, 0.1) is 0 Å². The average molecular weight is 343 g/mol. The lowest BCUT2D eigenvalue weighted by atomic mass is 10.2. The van der Waals surface area contributed by atoms with Crippen molar-refractivity contribution in [3.05, 3.63) is 50.9 Å². The summed E-state index contributed by atoms with van der Waals surface area (Å²) in [7, 11) is 0. The van der Waals surface area contributed by atoms with Crippen molar-refractivity contribution in [2.75, 3.05) is 0 Å². The van der Waals surface area contributed by atoms with Crippen LogP contribution in [0.2, 0.25) is 10.0 Å². The third-order valence-electron chi connectivity index (χ3n) is 2.51. The summed E-state index contributed by atoms with van der Waals surface area (Å²) >= 11 is 15.5. The Morgan fingerprint density at radius 1 is 1.11 bits per heavy atom. The van der Waals surface area contributed by atoms with Crippen LogP contribution >= 0.6 is 39.1 Å². The summed E-state index contributed by atoms with van der Waals surface area (Å²) in [5.41, 5.74) is 2.12. The first-order valence-electron chi connectivity index (χ1n) is 5.15. The molecule has 0 saturated heterocycles. The van der Waals surface area contributed by atoms with Crippen molar-refractivity contribution in [1.82, 2.24) is 4.98 Å². The number of nitrogens with zero attached hydrogens (tertiary/aromatic N) is 1. The summed E-state index contributed by atoms with van der Waals surface area (Å²) in [4.78, 5) is 4.40. The maximum Gasteiger partial charge on any atom is 0.228 e. The van der Waals surface area contributed by atoms with Gasteiger partial charge in [-0.1, -0.05) is 35.3 Å². The number of aromatic nitrogens is 1. The molecule has 2 aromatic carbocycles. The molecule has 90 valence electrons. The first-order chi connectivity index (χ1) is 8.65. The molecule has 1 aromatic heterocycles. The van der Waals surface area contributed by atoms with Gasteiger partial charge in [0.1, 0.15) is 5.52 Å². The zero-order chi connectivity index (χ0) is 12.7. The molecule has 0 amide bonds. The van der Waals surface area contributed by atoms with Crippen molar-refractivity contribution in [3.8, 4) is 11.5 Å². The van der Waals surface area contributed by atoms with Gasteiger partial charge in [-0.2, -0.15) is 0 Å². The second-order valence-corrected chi connectivity index (χ2v) is 5.43. The van der Waals surface area contributed by atoms with E-state index in [2.05, 4.69) is 20.9 Å². The second-order valence-electron chi connectivity index (χ2n) is 3.73. The Morgan fingerprint density at radius 3 is 2.67 bits per heavy atom. The van der Waals surface area contributed by atoms with Crippen LogP contribution in [-0.4, -0.2) is 4.98 Å². The number of benzene rings is 2. The largest absolute Gasteiger partial charge is 0.435 e. The van der Waals surface area contributed by atoms with Crippen LogP contribution in [0.4, 0.5) is 0 Å². The van der Waals surface area contributed by atoms with E-state index in [0.29, 0.717) is 27.0 Å². The average Bonchev–Trinajstić information content (AvgIpc) is 2.73. The summed E-state index contributed by atoms with van der Waals surface area (Å²) in [6.45, 7) is 0. The van der Waals surface area contributed by atoms with E-state index in [1.165, 1.54) is 0 Å². The highest BCUT2D eigenvalue weighted by Crippen LogP contribution is 2.34. The van der Waals surface area contributed by atoms with Crippen LogP contribution in [0.25, 0.3) is 22.6 Å². The van der Waals surface area contributed by atoms with Gasteiger partial charge >= 0.3 is 0 Å². The summed E-state index contributed by atoms with van der Waals surface area (Å²) in [5.74, 6) is 0.485. The van der Waals surface area contributed by atoms with Crippen molar-refractivity contribution in [2.24, 2.45) is 0 Å². The fourth-order valence-electron chi connectivity index (χ4n) is 1.71. The van der Waals surface area contributed by atoms with Crippen molar-refractivity contribution in [3.63, 3.8) is 0 Å². The molecule has 0 aliphatic rings. The molecule has 0 fully saturated rings. The number of hydrogen-bond acceptors (Lipinski definition) is 2. The Bertz CT molecular complexity index is 739.